The Hall–Kier alpha value is -1.12. The van der Waals surface area contributed by atoms with E-state index in [0.717, 1.165) is 6.54 Å². The summed E-state index contributed by atoms with van der Waals surface area (Å²) in [5.41, 5.74) is 0.475. The first-order valence-electron chi connectivity index (χ1n) is 5.61. The van der Waals surface area contributed by atoms with Crippen LogP contribution in [0.5, 0.6) is 0 Å². The minimum absolute atomic E-state index is 0.416. The van der Waals surface area contributed by atoms with Gasteiger partial charge in [0, 0.05) is 6.54 Å². The molecule has 1 aromatic rings. The highest BCUT2D eigenvalue weighted by atomic mass is 19.1. The summed E-state index contributed by atoms with van der Waals surface area (Å²) in [4.78, 5) is 3.79. The zero-order valence-electron chi connectivity index (χ0n) is 9.09. The number of rotatable bonds is 5. The molecular formula is C12H17FN2. The van der Waals surface area contributed by atoms with Crippen LogP contribution in [0.15, 0.2) is 18.2 Å². The van der Waals surface area contributed by atoms with E-state index in [4.69, 9.17) is 0 Å². The third-order valence-electron chi connectivity index (χ3n) is 3.10. The Labute approximate surface area is 89.9 Å². The molecule has 1 N–H and O–H groups in total. The van der Waals surface area contributed by atoms with Crippen molar-refractivity contribution in [1.29, 1.82) is 0 Å². The van der Waals surface area contributed by atoms with Crippen molar-refractivity contribution in [3.63, 3.8) is 0 Å². The molecule has 0 unspecified atom stereocenters. The van der Waals surface area contributed by atoms with Crippen LogP contribution in [0.4, 0.5) is 10.2 Å². The summed E-state index contributed by atoms with van der Waals surface area (Å²) in [5.74, 6) is 0.234. The van der Waals surface area contributed by atoms with Crippen LogP contribution in [-0.4, -0.2) is 11.5 Å². The van der Waals surface area contributed by atoms with Gasteiger partial charge < -0.3 is 5.32 Å². The van der Waals surface area contributed by atoms with E-state index in [1.54, 1.807) is 6.07 Å². The molecule has 1 aromatic heterocycles. The number of nitrogens with one attached hydrogen (secondary N) is 1. The number of halogens is 1. The molecule has 0 bridgehead atoms. The third kappa shape index (κ3) is 2.67. The molecule has 82 valence electrons. The Balaban J connectivity index is 1.88. The van der Waals surface area contributed by atoms with Gasteiger partial charge in [-0.05, 0) is 36.8 Å². The second-order valence-corrected chi connectivity index (χ2v) is 4.45. The fourth-order valence-electron chi connectivity index (χ4n) is 2.01. The molecule has 0 saturated heterocycles. The highest BCUT2D eigenvalue weighted by molar-refractivity contribution is 5.34. The lowest BCUT2D eigenvalue weighted by molar-refractivity contribution is 0.484. The normalized spacial score (nSPS) is 17.5. The van der Waals surface area contributed by atoms with Gasteiger partial charge in [0.05, 0.1) is 0 Å². The maximum atomic E-state index is 12.8. The lowest BCUT2D eigenvalue weighted by atomic mass is 10.0. The van der Waals surface area contributed by atoms with Crippen molar-refractivity contribution >= 4 is 5.82 Å². The SMILES string of the molecule is CCCC1(CNc2cccc(F)n2)CC1. The van der Waals surface area contributed by atoms with Gasteiger partial charge >= 0.3 is 0 Å². The van der Waals surface area contributed by atoms with E-state index in [2.05, 4.69) is 17.2 Å². The Morgan fingerprint density at radius 3 is 2.87 bits per heavy atom. The number of pyridine rings is 1. The maximum Gasteiger partial charge on any atom is 0.214 e. The summed E-state index contributed by atoms with van der Waals surface area (Å²) in [7, 11) is 0. The molecule has 3 heteroatoms. The van der Waals surface area contributed by atoms with Crippen LogP contribution in [0.2, 0.25) is 0 Å². The van der Waals surface area contributed by atoms with E-state index in [0.29, 0.717) is 11.2 Å². The van der Waals surface area contributed by atoms with Crippen LogP contribution in [0.25, 0.3) is 0 Å². The topological polar surface area (TPSA) is 24.9 Å². The van der Waals surface area contributed by atoms with E-state index >= 15 is 0 Å². The van der Waals surface area contributed by atoms with Crippen molar-refractivity contribution in [3.8, 4) is 0 Å². The Morgan fingerprint density at radius 2 is 2.27 bits per heavy atom. The summed E-state index contributed by atoms with van der Waals surface area (Å²) < 4.78 is 12.8. The standard InChI is InChI=1S/C12H17FN2/c1-2-6-12(7-8-12)9-14-11-5-3-4-10(13)15-11/h3-5H,2,6-9H2,1H3,(H,14,15). The molecule has 1 aliphatic carbocycles. The van der Waals surface area contributed by atoms with Gasteiger partial charge in [0.25, 0.3) is 0 Å². The third-order valence-corrected chi connectivity index (χ3v) is 3.10. The predicted octanol–water partition coefficient (Wildman–Crippen LogP) is 3.21. The van der Waals surface area contributed by atoms with Crippen LogP contribution in [-0.2, 0) is 0 Å². The highest BCUT2D eigenvalue weighted by Crippen LogP contribution is 2.49. The van der Waals surface area contributed by atoms with Crippen LogP contribution >= 0.6 is 0 Å². The smallest absolute Gasteiger partial charge is 0.214 e. The number of anilines is 1. The van der Waals surface area contributed by atoms with Gasteiger partial charge in [-0.1, -0.05) is 19.4 Å². The molecule has 0 aromatic carbocycles. The number of hydrogen-bond donors (Lipinski definition) is 1. The average Bonchev–Trinajstić information content (AvgIpc) is 2.97. The number of nitrogens with zero attached hydrogens (tertiary/aromatic N) is 1. The van der Waals surface area contributed by atoms with Crippen molar-refractivity contribution in [2.75, 3.05) is 11.9 Å². The fraction of sp³-hybridized carbons (Fsp3) is 0.583. The van der Waals surface area contributed by atoms with Crippen molar-refractivity contribution in [3.05, 3.63) is 24.1 Å². The summed E-state index contributed by atoms with van der Waals surface area (Å²) in [6, 6.07) is 4.86. The molecule has 0 spiro atoms. The van der Waals surface area contributed by atoms with E-state index in [1.165, 1.54) is 31.7 Å². The first-order valence-corrected chi connectivity index (χ1v) is 5.61. The molecule has 2 rings (SSSR count). The summed E-state index contributed by atoms with van der Waals surface area (Å²) in [6.07, 6.45) is 5.07. The largest absolute Gasteiger partial charge is 0.369 e. The maximum absolute atomic E-state index is 12.8. The Morgan fingerprint density at radius 1 is 1.47 bits per heavy atom. The molecular weight excluding hydrogens is 191 g/mol. The van der Waals surface area contributed by atoms with Gasteiger partial charge in [0.2, 0.25) is 5.95 Å². The van der Waals surface area contributed by atoms with E-state index in [-0.39, 0.29) is 0 Å². The molecule has 1 saturated carbocycles. The van der Waals surface area contributed by atoms with Crippen LogP contribution in [0, 0.1) is 11.4 Å². The molecule has 0 radical (unpaired) electrons. The van der Waals surface area contributed by atoms with Crippen molar-refractivity contribution in [2.24, 2.45) is 5.41 Å². The van der Waals surface area contributed by atoms with Crippen molar-refractivity contribution in [1.82, 2.24) is 4.98 Å². The zero-order chi connectivity index (χ0) is 10.7. The Kier molecular flexibility index (Phi) is 2.89. The number of aromatic nitrogens is 1. The average molecular weight is 208 g/mol. The van der Waals surface area contributed by atoms with Gasteiger partial charge in [0.15, 0.2) is 0 Å². The molecule has 1 fully saturated rings. The summed E-state index contributed by atoms with van der Waals surface area (Å²) >= 11 is 0. The minimum Gasteiger partial charge on any atom is -0.369 e. The van der Waals surface area contributed by atoms with Crippen molar-refractivity contribution < 1.29 is 4.39 Å². The van der Waals surface area contributed by atoms with E-state index in [1.807, 2.05) is 6.07 Å². The van der Waals surface area contributed by atoms with Gasteiger partial charge in [-0.2, -0.15) is 4.39 Å². The van der Waals surface area contributed by atoms with E-state index in [9.17, 15) is 4.39 Å². The molecule has 2 nitrogen and oxygen atoms in total. The van der Waals surface area contributed by atoms with Crippen LogP contribution < -0.4 is 5.32 Å². The van der Waals surface area contributed by atoms with Crippen LogP contribution in [0.3, 0.4) is 0 Å². The highest BCUT2D eigenvalue weighted by Gasteiger charge is 2.41. The predicted molar refractivity (Wildman–Crippen MR) is 59.3 cm³/mol. The summed E-state index contributed by atoms with van der Waals surface area (Å²) in [6.45, 7) is 3.14. The summed E-state index contributed by atoms with van der Waals surface area (Å²) in [5, 5.41) is 3.22. The fourth-order valence-corrected chi connectivity index (χ4v) is 2.01. The Bertz CT molecular complexity index is 334. The molecule has 1 heterocycles. The van der Waals surface area contributed by atoms with Gasteiger partial charge in [0.1, 0.15) is 5.82 Å². The molecule has 0 aliphatic heterocycles. The van der Waals surface area contributed by atoms with Crippen LogP contribution in [0.1, 0.15) is 32.6 Å². The second kappa shape index (κ2) is 4.17. The lowest BCUT2D eigenvalue weighted by Gasteiger charge is -2.15. The zero-order valence-corrected chi connectivity index (χ0v) is 9.09. The van der Waals surface area contributed by atoms with Crippen molar-refractivity contribution in [2.45, 2.75) is 32.6 Å². The molecule has 0 atom stereocenters. The first kappa shape index (κ1) is 10.4. The lowest BCUT2D eigenvalue weighted by Crippen LogP contribution is -2.15. The second-order valence-electron chi connectivity index (χ2n) is 4.45. The molecule has 0 amide bonds. The molecule has 15 heavy (non-hydrogen) atoms. The van der Waals surface area contributed by atoms with Gasteiger partial charge in [-0.15, -0.1) is 0 Å². The quantitative estimate of drug-likeness (QED) is 0.751. The minimum atomic E-state index is -0.416. The van der Waals surface area contributed by atoms with Gasteiger partial charge in [-0.3, -0.25) is 0 Å². The van der Waals surface area contributed by atoms with Gasteiger partial charge in [-0.25, -0.2) is 4.98 Å². The molecule has 1 aliphatic rings. The van der Waals surface area contributed by atoms with E-state index < -0.39 is 5.95 Å². The monoisotopic (exact) mass is 208 g/mol. The number of hydrogen-bond acceptors (Lipinski definition) is 2. The first-order chi connectivity index (χ1) is 7.24.